The van der Waals surface area contributed by atoms with Crippen LogP contribution in [0.2, 0.25) is 0 Å². The van der Waals surface area contributed by atoms with Crippen LogP contribution >= 0.6 is 0 Å². The van der Waals surface area contributed by atoms with Crippen LogP contribution in [0.4, 0.5) is 16.4 Å². The second kappa shape index (κ2) is 13.3. The number of aryl methyl sites for hydroxylation is 1. The van der Waals surface area contributed by atoms with Gasteiger partial charge < -0.3 is 25.2 Å². The largest absolute Gasteiger partial charge is 0.442 e. The second-order valence-electron chi connectivity index (χ2n) is 10.2. The molecule has 40 heavy (non-hydrogen) atoms. The Morgan fingerprint density at radius 2 is 2.08 bits per heavy atom. The summed E-state index contributed by atoms with van der Waals surface area (Å²) in [5, 5.41) is 24.9. The van der Waals surface area contributed by atoms with Gasteiger partial charge in [-0.1, -0.05) is 6.92 Å². The molecule has 0 atom stereocenters. The molecule has 0 amide bonds. The van der Waals surface area contributed by atoms with E-state index in [1.807, 2.05) is 41.3 Å². The Kier molecular flexibility index (Phi) is 9.61. The van der Waals surface area contributed by atoms with Gasteiger partial charge in [0.25, 0.3) is 0 Å². The summed E-state index contributed by atoms with van der Waals surface area (Å²) < 4.78 is 15.7. The van der Waals surface area contributed by atoms with E-state index in [1.54, 1.807) is 25.3 Å². The van der Waals surface area contributed by atoms with E-state index in [9.17, 15) is 9.90 Å². The molecule has 0 unspecified atom stereocenters. The number of fused-ring (bicyclic) bond motifs is 1. The van der Waals surface area contributed by atoms with Crippen molar-refractivity contribution in [3.8, 4) is 0 Å². The minimum Gasteiger partial charge on any atom is -0.442 e. The van der Waals surface area contributed by atoms with Gasteiger partial charge in [0.1, 0.15) is 23.6 Å². The molecule has 0 fully saturated rings. The molecule has 0 bridgehead atoms. The number of pyridine rings is 1. The number of aromatic nitrogens is 7. The van der Waals surface area contributed by atoms with Crippen LogP contribution in [0.25, 0.3) is 5.65 Å². The fourth-order valence-electron chi connectivity index (χ4n) is 3.90. The van der Waals surface area contributed by atoms with Gasteiger partial charge in [-0.05, 0) is 39.7 Å². The summed E-state index contributed by atoms with van der Waals surface area (Å²) in [6.45, 7) is 9.67. The third-order valence-corrected chi connectivity index (χ3v) is 5.84. The molecule has 0 aliphatic carbocycles. The Hall–Kier alpha value is -4.10. The second-order valence-corrected chi connectivity index (χ2v) is 10.2. The predicted molar refractivity (Wildman–Crippen MR) is 148 cm³/mol. The molecule has 0 radical (unpaired) electrons. The highest BCUT2D eigenvalue weighted by molar-refractivity contribution is 5.69. The van der Waals surface area contributed by atoms with Gasteiger partial charge in [0.2, 0.25) is 6.73 Å². The van der Waals surface area contributed by atoms with Crippen molar-refractivity contribution in [2.75, 3.05) is 30.4 Å². The van der Waals surface area contributed by atoms with E-state index < -0.39 is 11.7 Å². The standard InChI is InChI=1S/C27H38N9O4/c1-5-21-16-31-36-24(29-15-20-8-6-11-34(17-20)19-37)14-23(32-25(21)36)28-10-7-12-39-13-9-22-30-18-35(33-22)26(38)40-27(2,3)4/h6,8,11,14,16-18,29,37H,5,7,9-10,12-13,15,19H2,1-4H3,(H,28,32)/q+1. The molecule has 13 nitrogen and oxygen atoms in total. The first-order valence-corrected chi connectivity index (χ1v) is 13.4. The predicted octanol–water partition coefficient (Wildman–Crippen LogP) is 2.58. The number of hydrogen-bond donors (Lipinski definition) is 3. The van der Waals surface area contributed by atoms with Gasteiger partial charge in [-0.25, -0.2) is 14.8 Å². The Morgan fingerprint density at radius 3 is 2.85 bits per heavy atom. The topological polar surface area (TPSA) is 145 Å². The SMILES string of the molecule is CCc1cnn2c(NCc3ccc[n+](CO)c3)cc(NCCCOCCc3ncn(C(=O)OC(C)(C)C)n3)nc12. The number of aliphatic hydroxyl groups excluding tert-OH is 1. The lowest BCUT2D eigenvalue weighted by molar-refractivity contribution is -0.730. The highest BCUT2D eigenvalue weighted by atomic mass is 16.6. The van der Waals surface area contributed by atoms with Crippen LogP contribution in [-0.2, 0) is 35.6 Å². The fraction of sp³-hybridized carbons (Fsp3) is 0.481. The number of ether oxygens (including phenoxy) is 2. The van der Waals surface area contributed by atoms with Crippen molar-refractivity contribution in [2.45, 2.75) is 65.8 Å². The third kappa shape index (κ3) is 7.96. The van der Waals surface area contributed by atoms with Gasteiger partial charge in [-0.15, -0.1) is 5.10 Å². The number of hydrogen-bond acceptors (Lipinski definition) is 10. The van der Waals surface area contributed by atoms with Crippen molar-refractivity contribution in [1.29, 1.82) is 0 Å². The van der Waals surface area contributed by atoms with Gasteiger partial charge >= 0.3 is 6.09 Å². The summed E-state index contributed by atoms with van der Waals surface area (Å²) in [7, 11) is 0. The van der Waals surface area contributed by atoms with E-state index in [2.05, 4.69) is 32.7 Å². The maximum absolute atomic E-state index is 12.1. The number of nitrogens with zero attached hydrogens (tertiary/aromatic N) is 7. The first kappa shape index (κ1) is 28.9. The quantitative estimate of drug-likeness (QED) is 0.167. The van der Waals surface area contributed by atoms with Crippen LogP contribution in [-0.4, -0.2) is 65.9 Å². The van der Waals surface area contributed by atoms with Gasteiger partial charge in [-0.2, -0.15) is 18.9 Å². The van der Waals surface area contributed by atoms with Gasteiger partial charge in [0, 0.05) is 49.4 Å². The van der Waals surface area contributed by atoms with Crippen molar-refractivity contribution in [1.82, 2.24) is 29.4 Å². The van der Waals surface area contributed by atoms with Crippen LogP contribution in [0.3, 0.4) is 0 Å². The third-order valence-electron chi connectivity index (χ3n) is 5.84. The van der Waals surface area contributed by atoms with Crippen molar-refractivity contribution < 1.29 is 23.9 Å². The molecule has 0 aromatic carbocycles. The van der Waals surface area contributed by atoms with E-state index in [1.165, 1.54) is 6.33 Å². The van der Waals surface area contributed by atoms with E-state index in [-0.39, 0.29) is 6.73 Å². The summed E-state index contributed by atoms with van der Waals surface area (Å²) in [5.74, 6) is 2.09. The van der Waals surface area contributed by atoms with Crippen molar-refractivity contribution in [3.63, 3.8) is 0 Å². The first-order valence-electron chi connectivity index (χ1n) is 13.4. The van der Waals surface area contributed by atoms with Crippen LogP contribution in [0.5, 0.6) is 0 Å². The van der Waals surface area contributed by atoms with E-state index in [0.717, 1.165) is 45.9 Å². The molecule has 0 saturated carbocycles. The minimum atomic E-state index is -0.594. The number of rotatable bonds is 13. The molecule has 13 heteroatoms. The minimum absolute atomic E-state index is 0.0699. The van der Waals surface area contributed by atoms with Crippen molar-refractivity contribution >= 4 is 23.4 Å². The highest BCUT2D eigenvalue weighted by Crippen LogP contribution is 2.20. The van der Waals surface area contributed by atoms with Crippen molar-refractivity contribution in [3.05, 3.63) is 60.1 Å². The maximum atomic E-state index is 12.1. The number of carbonyl (C=O) groups is 1. The molecule has 4 rings (SSSR count). The van der Waals surface area contributed by atoms with E-state index in [0.29, 0.717) is 38.5 Å². The Bertz CT molecular complexity index is 1410. The average molecular weight is 553 g/mol. The summed E-state index contributed by atoms with van der Waals surface area (Å²) in [6.07, 6.45) is 8.46. The molecule has 3 N–H and O–H groups in total. The monoisotopic (exact) mass is 552 g/mol. The van der Waals surface area contributed by atoms with Crippen molar-refractivity contribution in [2.24, 2.45) is 0 Å². The molecule has 0 saturated heterocycles. The zero-order chi connectivity index (χ0) is 28.5. The molecule has 4 aromatic heterocycles. The molecular formula is C27H38N9O4+. The number of anilines is 2. The summed E-state index contributed by atoms with van der Waals surface area (Å²) in [6, 6.07) is 5.84. The number of aliphatic hydroxyl groups is 1. The lowest BCUT2D eigenvalue weighted by Gasteiger charge is -2.18. The number of carbonyl (C=O) groups excluding carboxylic acids is 1. The first-order chi connectivity index (χ1) is 19.3. The molecule has 0 aliphatic rings. The number of nitrogens with one attached hydrogen (secondary N) is 2. The highest BCUT2D eigenvalue weighted by Gasteiger charge is 2.19. The zero-order valence-electron chi connectivity index (χ0n) is 23.5. The molecular weight excluding hydrogens is 514 g/mol. The van der Waals surface area contributed by atoms with E-state index in [4.69, 9.17) is 14.5 Å². The Labute approximate surface area is 233 Å². The van der Waals surface area contributed by atoms with Crippen LogP contribution in [0.1, 0.15) is 51.1 Å². The fourth-order valence-corrected chi connectivity index (χ4v) is 3.90. The lowest BCUT2D eigenvalue weighted by atomic mass is 10.2. The summed E-state index contributed by atoms with van der Waals surface area (Å²) in [4.78, 5) is 21.0. The van der Waals surface area contributed by atoms with Gasteiger partial charge in [0.15, 0.2) is 23.9 Å². The Balaban J connectivity index is 1.25. The molecule has 4 heterocycles. The normalized spacial score (nSPS) is 11.6. The zero-order valence-corrected chi connectivity index (χ0v) is 23.5. The molecule has 0 spiro atoms. The van der Waals surface area contributed by atoms with E-state index >= 15 is 0 Å². The van der Waals surface area contributed by atoms with Gasteiger partial charge in [0.05, 0.1) is 12.8 Å². The molecule has 214 valence electrons. The maximum Gasteiger partial charge on any atom is 0.436 e. The lowest BCUT2D eigenvalue weighted by Crippen LogP contribution is -2.33. The molecule has 0 aliphatic heterocycles. The van der Waals surface area contributed by atoms with Crippen LogP contribution in [0, 0.1) is 0 Å². The van der Waals surface area contributed by atoms with Crippen LogP contribution < -0.4 is 15.2 Å². The summed E-state index contributed by atoms with van der Waals surface area (Å²) in [5.41, 5.74) is 2.31. The van der Waals surface area contributed by atoms with Gasteiger partial charge in [-0.3, -0.25) is 0 Å². The van der Waals surface area contributed by atoms with Crippen LogP contribution in [0.15, 0.2) is 43.1 Å². The molecule has 4 aromatic rings. The average Bonchev–Trinajstić information content (AvgIpc) is 3.57. The smallest absolute Gasteiger partial charge is 0.436 e. The Morgan fingerprint density at radius 1 is 1.23 bits per heavy atom. The summed E-state index contributed by atoms with van der Waals surface area (Å²) >= 11 is 0.